The molecular weight excluding hydrogens is 352 g/mol. The molecule has 0 unspecified atom stereocenters. The van der Waals surface area contributed by atoms with Crippen molar-refractivity contribution in [2.75, 3.05) is 39.9 Å². The number of benzene rings is 1. The highest BCUT2D eigenvalue weighted by atomic mass is 19.2. The van der Waals surface area contributed by atoms with Gasteiger partial charge in [0.1, 0.15) is 0 Å². The predicted molar refractivity (Wildman–Crippen MR) is 99.4 cm³/mol. The van der Waals surface area contributed by atoms with Crippen molar-refractivity contribution in [1.82, 2.24) is 15.1 Å². The van der Waals surface area contributed by atoms with Gasteiger partial charge in [-0.15, -0.1) is 0 Å². The van der Waals surface area contributed by atoms with E-state index in [4.69, 9.17) is 4.74 Å². The zero-order valence-corrected chi connectivity index (χ0v) is 15.9. The van der Waals surface area contributed by atoms with Crippen LogP contribution in [0.25, 0.3) is 0 Å². The van der Waals surface area contributed by atoms with E-state index in [2.05, 4.69) is 10.2 Å². The molecule has 0 aliphatic carbocycles. The highest BCUT2D eigenvalue weighted by Crippen LogP contribution is 2.19. The first kappa shape index (κ1) is 20.0. The van der Waals surface area contributed by atoms with E-state index in [0.29, 0.717) is 19.1 Å². The molecule has 3 rings (SSSR count). The van der Waals surface area contributed by atoms with Gasteiger partial charge >= 0.3 is 6.03 Å². The number of methoxy groups -OCH3 is 1. The number of hydrogen-bond acceptors (Lipinski definition) is 3. The first-order valence-corrected chi connectivity index (χ1v) is 9.76. The van der Waals surface area contributed by atoms with E-state index >= 15 is 0 Å². The summed E-state index contributed by atoms with van der Waals surface area (Å²) in [4.78, 5) is 16.7. The largest absolute Gasteiger partial charge is 0.384 e. The van der Waals surface area contributed by atoms with Crippen molar-refractivity contribution >= 4 is 6.03 Å². The molecule has 2 heterocycles. The molecule has 150 valence electrons. The molecular formula is C20H29F2N3O2. The Labute approximate surface area is 159 Å². The van der Waals surface area contributed by atoms with E-state index in [-0.39, 0.29) is 12.1 Å². The number of hydrogen-bond donors (Lipinski definition) is 1. The number of piperidine rings is 2. The van der Waals surface area contributed by atoms with Gasteiger partial charge < -0.3 is 15.0 Å². The van der Waals surface area contributed by atoms with Gasteiger partial charge in [0, 0.05) is 51.8 Å². The summed E-state index contributed by atoms with van der Waals surface area (Å²) in [5, 5.41) is 3.16. The molecule has 1 atom stereocenters. The van der Waals surface area contributed by atoms with Gasteiger partial charge in [-0.1, -0.05) is 6.07 Å². The van der Waals surface area contributed by atoms with Crippen LogP contribution in [0.4, 0.5) is 13.6 Å². The van der Waals surface area contributed by atoms with Crippen molar-refractivity contribution in [3.8, 4) is 0 Å². The van der Waals surface area contributed by atoms with Crippen LogP contribution in [0.2, 0.25) is 0 Å². The van der Waals surface area contributed by atoms with Gasteiger partial charge in [-0.25, -0.2) is 13.6 Å². The molecule has 2 aliphatic heterocycles. The normalized spacial score (nSPS) is 22.0. The van der Waals surface area contributed by atoms with Gasteiger partial charge in [0.05, 0.1) is 6.61 Å². The fraction of sp³-hybridized carbons (Fsp3) is 0.650. The zero-order valence-electron chi connectivity index (χ0n) is 15.9. The van der Waals surface area contributed by atoms with E-state index in [9.17, 15) is 13.6 Å². The second kappa shape index (κ2) is 9.46. The topological polar surface area (TPSA) is 44.8 Å². The molecule has 1 N–H and O–H groups in total. The summed E-state index contributed by atoms with van der Waals surface area (Å²) in [5.41, 5.74) is 0.772. The molecule has 0 saturated carbocycles. The number of amides is 2. The zero-order chi connectivity index (χ0) is 19.2. The lowest BCUT2D eigenvalue weighted by Gasteiger charge is -2.36. The highest BCUT2D eigenvalue weighted by Gasteiger charge is 2.26. The van der Waals surface area contributed by atoms with Crippen LogP contribution in [-0.4, -0.2) is 61.8 Å². The summed E-state index contributed by atoms with van der Waals surface area (Å²) in [5.74, 6) is -1.19. The Bertz CT molecular complexity index is 634. The van der Waals surface area contributed by atoms with Crippen LogP contribution in [0.15, 0.2) is 18.2 Å². The van der Waals surface area contributed by atoms with Crippen molar-refractivity contribution in [2.24, 2.45) is 5.92 Å². The molecule has 1 aromatic rings. The number of nitrogens with zero attached hydrogens (tertiary/aromatic N) is 2. The summed E-state index contributed by atoms with van der Waals surface area (Å²) in [6.45, 7) is 4.52. The number of urea groups is 1. The Morgan fingerprint density at radius 1 is 1.19 bits per heavy atom. The maximum atomic E-state index is 13.3. The summed E-state index contributed by atoms with van der Waals surface area (Å²) < 4.78 is 31.6. The molecule has 27 heavy (non-hydrogen) atoms. The number of halogens is 2. The maximum Gasteiger partial charge on any atom is 0.317 e. The van der Waals surface area contributed by atoms with E-state index in [1.165, 1.54) is 12.1 Å². The lowest BCUT2D eigenvalue weighted by molar-refractivity contribution is 0.0978. The Hall–Kier alpha value is -1.73. The number of carbonyl (C=O) groups excluding carboxylic acids is 1. The monoisotopic (exact) mass is 381 g/mol. The molecule has 2 fully saturated rings. The minimum atomic E-state index is -0.814. The first-order valence-electron chi connectivity index (χ1n) is 9.76. The predicted octanol–water partition coefficient (Wildman–Crippen LogP) is 3.00. The van der Waals surface area contributed by atoms with E-state index in [1.807, 2.05) is 4.90 Å². The van der Waals surface area contributed by atoms with Crippen LogP contribution >= 0.6 is 0 Å². The fourth-order valence-electron chi connectivity index (χ4n) is 4.02. The third-order valence-electron chi connectivity index (χ3n) is 5.51. The van der Waals surface area contributed by atoms with E-state index in [0.717, 1.165) is 57.4 Å². The molecule has 0 bridgehead atoms. The van der Waals surface area contributed by atoms with Crippen LogP contribution < -0.4 is 5.32 Å². The van der Waals surface area contributed by atoms with Crippen LogP contribution in [0.1, 0.15) is 31.2 Å². The average Bonchev–Trinajstić information content (AvgIpc) is 2.67. The average molecular weight is 381 g/mol. The van der Waals surface area contributed by atoms with Gasteiger partial charge in [-0.05, 0) is 43.4 Å². The Morgan fingerprint density at radius 3 is 2.67 bits per heavy atom. The maximum absolute atomic E-state index is 13.3. The van der Waals surface area contributed by atoms with Gasteiger partial charge in [0.2, 0.25) is 0 Å². The number of likely N-dealkylation sites (tertiary alicyclic amines) is 2. The second-order valence-electron chi connectivity index (χ2n) is 7.66. The standard InChI is InChI=1S/C20H29F2N3O2/c1-27-14-16-3-2-8-25(13-16)20(26)23-17-6-9-24(10-7-17)12-15-4-5-18(21)19(22)11-15/h4-5,11,16-17H,2-3,6-10,12-14H2,1H3,(H,23,26)/t16-/m0/s1. The minimum absolute atomic E-state index is 0.0230. The van der Waals surface area contributed by atoms with Crippen LogP contribution in [0.3, 0.4) is 0 Å². The Morgan fingerprint density at radius 2 is 1.96 bits per heavy atom. The quantitative estimate of drug-likeness (QED) is 0.853. The van der Waals surface area contributed by atoms with Gasteiger partial charge in [-0.2, -0.15) is 0 Å². The molecule has 0 radical (unpaired) electrons. The smallest absolute Gasteiger partial charge is 0.317 e. The van der Waals surface area contributed by atoms with Crippen molar-refractivity contribution in [1.29, 1.82) is 0 Å². The summed E-state index contributed by atoms with van der Waals surface area (Å²) >= 11 is 0. The lowest BCUT2D eigenvalue weighted by Crippen LogP contribution is -2.51. The van der Waals surface area contributed by atoms with Gasteiger partial charge in [0.15, 0.2) is 11.6 Å². The number of nitrogens with one attached hydrogen (secondary N) is 1. The Balaban J connectivity index is 1.42. The third kappa shape index (κ3) is 5.62. The first-order chi connectivity index (χ1) is 13.0. The summed E-state index contributed by atoms with van der Waals surface area (Å²) in [6, 6.07) is 4.25. The number of rotatable bonds is 5. The van der Waals surface area contributed by atoms with Crippen molar-refractivity contribution in [3.63, 3.8) is 0 Å². The molecule has 0 spiro atoms. The minimum Gasteiger partial charge on any atom is -0.384 e. The van der Waals surface area contributed by atoms with E-state index < -0.39 is 11.6 Å². The lowest BCUT2D eigenvalue weighted by atomic mass is 9.99. The van der Waals surface area contributed by atoms with E-state index in [1.54, 1.807) is 13.2 Å². The molecule has 2 amide bonds. The fourth-order valence-corrected chi connectivity index (χ4v) is 4.02. The van der Waals surface area contributed by atoms with Gasteiger partial charge in [0.25, 0.3) is 0 Å². The molecule has 1 aromatic carbocycles. The second-order valence-corrected chi connectivity index (χ2v) is 7.66. The summed E-state index contributed by atoms with van der Waals surface area (Å²) in [7, 11) is 1.70. The molecule has 0 aromatic heterocycles. The number of ether oxygens (including phenoxy) is 1. The van der Waals surface area contributed by atoms with Crippen LogP contribution in [-0.2, 0) is 11.3 Å². The van der Waals surface area contributed by atoms with Crippen molar-refractivity contribution < 1.29 is 18.3 Å². The molecule has 2 saturated heterocycles. The van der Waals surface area contributed by atoms with Crippen molar-refractivity contribution in [2.45, 2.75) is 38.3 Å². The molecule has 5 nitrogen and oxygen atoms in total. The molecule has 7 heteroatoms. The van der Waals surface area contributed by atoms with Gasteiger partial charge in [-0.3, -0.25) is 4.90 Å². The van der Waals surface area contributed by atoms with Crippen molar-refractivity contribution in [3.05, 3.63) is 35.4 Å². The van der Waals surface area contributed by atoms with Crippen LogP contribution in [0.5, 0.6) is 0 Å². The third-order valence-corrected chi connectivity index (χ3v) is 5.51. The SMILES string of the molecule is COC[C@H]1CCCN(C(=O)NC2CCN(Cc3ccc(F)c(F)c3)CC2)C1. The Kier molecular flexibility index (Phi) is 7.01. The number of carbonyl (C=O) groups is 1. The van der Waals surface area contributed by atoms with Crippen LogP contribution in [0, 0.1) is 17.6 Å². The summed E-state index contributed by atoms with van der Waals surface area (Å²) in [6.07, 6.45) is 3.86. The highest BCUT2D eigenvalue weighted by molar-refractivity contribution is 5.74. The molecule has 2 aliphatic rings.